The third kappa shape index (κ3) is 4.81. The SMILES string of the molecule is CN(Cc1ccccc1)C(=O)CN(c1ccccc1C#N)S(C)(=O)=O. The molecule has 0 bridgehead atoms. The molecule has 0 aromatic heterocycles. The van der Waals surface area contributed by atoms with Crippen molar-refractivity contribution in [3.8, 4) is 6.07 Å². The summed E-state index contributed by atoms with van der Waals surface area (Å²) in [6.07, 6.45) is 1.02. The van der Waals surface area contributed by atoms with Crippen LogP contribution in [-0.2, 0) is 21.4 Å². The minimum Gasteiger partial charge on any atom is -0.340 e. The number of para-hydroxylation sites is 1. The molecule has 0 spiro atoms. The van der Waals surface area contributed by atoms with E-state index in [1.165, 1.54) is 17.0 Å². The fourth-order valence-corrected chi connectivity index (χ4v) is 3.22. The van der Waals surface area contributed by atoms with Crippen LogP contribution in [0.2, 0.25) is 0 Å². The van der Waals surface area contributed by atoms with Crippen LogP contribution < -0.4 is 4.31 Å². The van der Waals surface area contributed by atoms with Crippen molar-refractivity contribution in [1.29, 1.82) is 5.26 Å². The third-order valence-electron chi connectivity index (χ3n) is 3.66. The van der Waals surface area contributed by atoms with Gasteiger partial charge >= 0.3 is 0 Å². The topological polar surface area (TPSA) is 81.5 Å². The second-order valence-electron chi connectivity index (χ2n) is 5.63. The Kier molecular flexibility index (Phi) is 5.78. The fraction of sp³-hybridized carbons (Fsp3) is 0.222. The molecule has 0 unspecified atom stereocenters. The minimum absolute atomic E-state index is 0.200. The standard InChI is InChI=1S/C18H19N3O3S/c1-20(13-15-8-4-3-5-9-15)18(22)14-21(25(2,23)24)17-11-7-6-10-16(17)12-19/h3-11H,13-14H2,1-2H3. The van der Waals surface area contributed by atoms with Crippen molar-refractivity contribution in [1.82, 2.24) is 4.90 Å². The second kappa shape index (κ2) is 7.81. The number of carbonyl (C=O) groups is 1. The van der Waals surface area contributed by atoms with Crippen LogP contribution in [0, 0.1) is 11.3 Å². The molecule has 2 rings (SSSR count). The molecular formula is C18H19N3O3S. The number of likely N-dealkylation sites (N-methyl/N-ethyl adjacent to an activating group) is 1. The summed E-state index contributed by atoms with van der Waals surface area (Å²) in [7, 11) is -2.10. The lowest BCUT2D eigenvalue weighted by molar-refractivity contribution is -0.128. The average Bonchev–Trinajstić information content (AvgIpc) is 2.59. The predicted molar refractivity (Wildman–Crippen MR) is 96.3 cm³/mol. The number of nitriles is 1. The van der Waals surface area contributed by atoms with E-state index >= 15 is 0 Å². The van der Waals surface area contributed by atoms with Gasteiger partial charge in [0.05, 0.1) is 17.5 Å². The van der Waals surface area contributed by atoms with E-state index < -0.39 is 10.0 Å². The zero-order chi connectivity index (χ0) is 18.4. The van der Waals surface area contributed by atoms with E-state index in [1.807, 2.05) is 36.4 Å². The number of carbonyl (C=O) groups excluding carboxylic acids is 1. The maximum atomic E-state index is 12.5. The Hall–Kier alpha value is -2.85. The van der Waals surface area contributed by atoms with Gasteiger partial charge in [-0.3, -0.25) is 9.10 Å². The van der Waals surface area contributed by atoms with Crippen molar-refractivity contribution in [3.05, 3.63) is 65.7 Å². The summed E-state index contributed by atoms with van der Waals surface area (Å²) in [4.78, 5) is 14.0. The summed E-state index contributed by atoms with van der Waals surface area (Å²) >= 11 is 0. The molecule has 7 heteroatoms. The molecule has 0 saturated heterocycles. The van der Waals surface area contributed by atoms with Crippen molar-refractivity contribution in [3.63, 3.8) is 0 Å². The molecule has 6 nitrogen and oxygen atoms in total. The maximum absolute atomic E-state index is 12.5. The van der Waals surface area contributed by atoms with Crippen LogP contribution in [-0.4, -0.2) is 39.1 Å². The van der Waals surface area contributed by atoms with Crippen molar-refractivity contribution < 1.29 is 13.2 Å². The van der Waals surface area contributed by atoms with Gasteiger partial charge in [0.2, 0.25) is 15.9 Å². The van der Waals surface area contributed by atoms with Crippen LogP contribution in [0.1, 0.15) is 11.1 Å². The zero-order valence-corrected chi connectivity index (χ0v) is 14.9. The van der Waals surface area contributed by atoms with E-state index in [0.29, 0.717) is 6.54 Å². The van der Waals surface area contributed by atoms with Gasteiger partial charge in [-0.25, -0.2) is 8.42 Å². The summed E-state index contributed by atoms with van der Waals surface area (Å²) in [5.74, 6) is -0.359. The number of hydrogen-bond acceptors (Lipinski definition) is 4. The first-order chi connectivity index (χ1) is 11.8. The largest absolute Gasteiger partial charge is 0.340 e. The first-order valence-corrected chi connectivity index (χ1v) is 9.42. The number of sulfonamides is 1. The molecule has 25 heavy (non-hydrogen) atoms. The number of benzene rings is 2. The number of rotatable bonds is 6. The normalized spacial score (nSPS) is 10.8. The summed E-state index contributed by atoms with van der Waals surface area (Å²) in [6, 6.07) is 17.7. The van der Waals surface area contributed by atoms with E-state index in [4.69, 9.17) is 0 Å². The Morgan fingerprint density at radius 1 is 1.08 bits per heavy atom. The number of hydrogen-bond donors (Lipinski definition) is 0. The quantitative estimate of drug-likeness (QED) is 0.792. The summed E-state index contributed by atoms with van der Waals surface area (Å²) < 4.78 is 25.3. The summed E-state index contributed by atoms with van der Waals surface area (Å²) in [5, 5.41) is 9.20. The van der Waals surface area contributed by atoms with Crippen molar-refractivity contribution in [2.45, 2.75) is 6.54 Å². The van der Waals surface area contributed by atoms with Crippen molar-refractivity contribution >= 4 is 21.6 Å². The molecular weight excluding hydrogens is 338 g/mol. The lowest BCUT2D eigenvalue weighted by Crippen LogP contribution is -2.41. The molecule has 2 aromatic rings. The van der Waals surface area contributed by atoms with Crippen LogP contribution in [0.5, 0.6) is 0 Å². The summed E-state index contributed by atoms with van der Waals surface area (Å²) in [6.45, 7) is 0.0119. The molecule has 2 aromatic carbocycles. The van der Waals surface area contributed by atoms with Gasteiger partial charge < -0.3 is 4.90 Å². The van der Waals surface area contributed by atoms with Gasteiger partial charge in [-0.15, -0.1) is 0 Å². The van der Waals surface area contributed by atoms with E-state index in [0.717, 1.165) is 16.1 Å². The van der Waals surface area contributed by atoms with Gasteiger partial charge in [0.15, 0.2) is 0 Å². The molecule has 0 aliphatic carbocycles. The van der Waals surface area contributed by atoms with E-state index in [2.05, 4.69) is 0 Å². The third-order valence-corrected chi connectivity index (χ3v) is 4.79. The highest BCUT2D eigenvalue weighted by atomic mass is 32.2. The minimum atomic E-state index is -3.72. The Morgan fingerprint density at radius 2 is 1.68 bits per heavy atom. The molecule has 0 aliphatic heterocycles. The second-order valence-corrected chi connectivity index (χ2v) is 7.54. The van der Waals surface area contributed by atoms with E-state index in [9.17, 15) is 18.5 Å². The average molecular weight is 357 g/mol. The number of anilines is 1. The number of amides is 1. The summed E-state index contributed by atoms with van der Waals surface area (Å²) in [5.41, 5.74) is 1.35. The Morgan fingerprint density at radius 3 is 2.28 bits per heavy atom. The molecule has 0 N–H and O–H groups in total. The van der Waals surface area contributed by atoms with E-state index in [-0.39, 0.29) is 23.7 Å². The van der Waals surface area contributed by atoms with Crippen molar-refractivity contribution in [2.24, 2.45) is 0 Å². The highest BCUT2D eigenvalue weighted by molar-refractivity contribution is 7.92. The van der Waals surface area contributed by atoms with Gasteiger partial charge in [0, 0.05) is 13.6 Å². The van der Waals surface area contributed by atoms with Gasteiger partial charge in [-0.2, -0.15) is 5.26 Å². The molecule has 0 heterocycles. The van der Waals surface area contributed by atoms with Gasteiger partial charge in [-0.05, 0) is 17.7 Å². The van der Waals surface area contributed by atoms with E-state index in [1.54, 1.807) is 19.2 Å². The van der Waals surface area contributed by atoms with Gasteiger partial charge in [-0.1, -0.05) is 42.5 Å². The lowest BCUT2D eigenvalue weighted by Gasteiger charge is -2.25. The molecule has 1 amide bonds. The lowest BCUT2D eigenvalue weighted by atomic mass is 10.2. The first-order valence-electron chi connectivity index (χ1n) is 7.57. The highest BCUT2D eigenvalue weighted by Crippen LogP contribution is 2.22. The van der Waals surface area contributed by atoms with Gasteiger partial charge in [0.1, 0.15) is 12.6 Å². The van der Waals surface area contributed by atoms with Crippen LogP contribution in [0.4, 0.5) is 5.69 Å². The zero-order valence-electron chi connectivity index (χ0n) is 14.1. The molecule has 0 saturated carbocycles. The fourth-order valence-electron chi connectivity index (χ4n) is 2.36. The van der Waals surface area contributed by atoms with Crippen LogP contribution in [0.15, 0.2) is 54.6 Å². The van der Waals surface area contributed by atoms with Crippen LogP contribution in [0.25, 0.3) is 0 Å². The van der Waals surface area contributed by atoms with Crippen LogP contribution in [0.3, 0.4) is 0 Å². The Balaban J connectivity index is 2.23. The smallest absolute Gasteiger partial charge is 0.243 e. The number of nitrogens with zero attached hydrogens (tertiary/aromatic N) is 3. The highest BCUT2D eigenvalue weighted by Gasteiger charge is 2.24. The monoisotopic (exact) mass is 357 g/mol. The molecule has 0 fully saturated rings. The molecule has 0 aliphatic rings. The maximum Gasteiger partial charge on any atom is 0.243 e. The Labute approximate surface area is 148 Å². The molecule has 0 atom stereocenters. The Bertz CT molecular complexity index is 889. The predicted octanol–water partition coefficient (Wildman–Crippen LogP) is 1.98. The van der Waals surface area contributed by atoms with Crippen LogP contribution >= 0.6 is 0 Å². The van der Waals surface area contributed by atoms with Gasteiger partial charge in [0.25, 0.3) is 0 Å². The molecule has 0 radical (unpaired) electrons. The first kappa shape index (κ1) is 18.5. The van der Waals surface area contributed by atoms with Crippen molar-refractivity contribution in [2.75, 3.05) is 24.2 Å². The molecule has 130 valence electrons.